The zero-order valence-corrected chi connectivity index (χ0v) is 17.2. The molecule has 164 valence electrons. The monoisotopic (exact) mass is 434 g/mol. The Labute approximate surface area is 176 Å². The predicted molar refractivity (Wildman–Crippen MR) is 105 cm³/mol. The van der Waals surface area contributed by atoms with Crippen LogP contribution in [0.2, 0.25) is 0 Å². The van der Waals surface area contributed by atoms with Gasteiger partial charge < -0.3 is 9.64 Å². The van der Waals surface area contributed by atoms with Gasteiger partial charge in [-0.2, -0.15) is 10.2 Å². The molecule has 0 aliphatic heterocycles. The van der Waals surface area contributed by atoms with Gasteiger partial charge in [-0.3, -0.25) is 4.79 Å². The summed E-state index contributed by atoms with van der Waals surface area (Å²) in [6.07, 6.45) is 5.32. The maximum Gasteiger partial charge on any atom is 0.275 e. The van der Waals surface area contributed by atoms with Crippen LogP contribution in [0.15, 0.2) is 43.0 Å². The van der Waals surface area contributed by atoms with E-state index in [9.17, 15) is 18.0 Å². The van der Waals surface area contributed by atoms with Gasteiger partial charge in [0.25, 0.3) is 11.8 Å². The van der Waals surface area contributed by atoms with E-state index in [4.69, 9.17) is 4.74 Å². The van der Waals surface area contributed by atoms with Crippen molar-refractivity contribution in [2.75, 3.05) is 13.2 Å². The Bertz CT molecular complexity index is 1040. The minimum absolute atomic E-state index is 0.104. The summed E-state index contributed by atoms with van der Waals surface area (Å²) in [5.74, 6) is -5.02. The Balaban J connectivity index is 1.74. The summed E-state index contributed by atoms with van der Waals surface area (Å²) in [5, 5.41) is 8.07. The lowest BCUT2D eigenvalue weighted by Crippen LogP contribution is -2.42. The van der Waals surface area contributed by atoms with Crippen molar-refractivity contribution in [1.82, 2.24) is 29.9 Å². The fraction of sp³-hybridized carbons (Fsp3) is 0.350. The standard InChI is InChI=1S/C20H21F3N6O2/c1-4-28(19(30)17-16(6-5-7-24-17)29-26-8-9-27-29)13(2)12-31-18-15(21)10-14(11-25-18)20(3,22)23/h5-11,13H,4,12H2,1-3H3/t13-/m0/s1. The SMILES string of the molecule is CCN(C(=O)c1ncccc1-n1nccn1)[C@@H](C)COc1ncc(C(C)(F)F)cc1F. The molecule has 0 aromatic carbocycles. The first-order valence-electron chi connectivity index (χ1n) is 9.51. The molecule has 0 aliphatic carbocycles. The molecule has 0 spiro atoms. The van der Waals surface area contributed by atoms with Gasteiger partial charge in [0.15, 0.2) is 11.5 Å². The summed E-state index contributed by atoms with van der Waals surface area (Å²) in [7, 11) is 0. The number of carbonyl (C=O) groups is 1. The summed E-state index contributed by atoms with van der Waals surface area (Å²) in [6, 6.07) is 3.52. The molecule has 0 saturated carbocycles. The van der Waals surface area contributed by atoms with Crippen LogP contribution in [0.4, 0.5) is 13.2 Å². The first kappa shape index (κ1) is 22.2. The number of carbonyl (C=O) groups excluding carboxylic acids is 1. The maximum atomic E-state index is 14.1. The molecule has 0 unspecified atom stereocenters. The summed E-state index contributed by atoms with van der Waals surface area (Å²) < 4.78 is 46.1. The molecule has 0 N–H and O–H groups in total. The quantitative estimate of drug-likeness (QED) is 0.541. The van der Waals surface area contributed by atoms with Gasteiger partial charge in [-0.15, -0.1) is 4.80 Å². The zero-order chi connectivity index (χ0) is 22.6. The number of nitrogens with zero attached hydrogens (tertiary/aromatic N) is 6. The molecule has 3 rings (SSSR count). The Morgan fingerprint density at radius 3 is 2.58 bits per heavy atom. The van der Waals surface area contributed by atoms with E-state index in [1.165, 1.54) is 28.3 Å². The van der Waals surface area contributed by atoms with E-state index in [0.29, 0.717) is 25.2 Å². The van der Waals surface area contributed by atoms with Gasteiger partial charge >= 0.3 is 0 Å². The van der Waals surface area contributed by atoms with Crippen LogP contribution >= 0.6 is 0 Å². The molecule has 11 heteroatoms. The number of hydrogen-bond acceptors (Lipinski definition) is 6. The fourth-order valence-electron chi connectivity index (χ4n) is 2.92. The van der Waals surface area contributed by atoms with Crippen molar-refractivity contribution in [3.63, 3.8) is 0 Å². The lowest BCUT2D eigenvalue weighted by Gasteiger charge is -2.28. The molecule has 3 aromatic heterocycles. The van der Waals surface area contributed by atoms with Crippen molar-refractivity contribution in [2.24, 2.45) is 0 Å². The van der Waals surface area contributed by atoms with Crippen molar-refractivity contribution in [2.45, 2.75) is 32.7 Å². The first-order chi connectivity index (χ1) is 14.7. The van der Waals surface area contributed by atoms with Crippen LogP contribution in [0.5, 0.6) is 5.88 Å². The largest absolute Gasteiger partial charge is 0.473 e. The van der Waals surface area contributed by atoms with Crippen LogP contribution in [0.1, 0.15) is 36.8 Å². The normalized spacial score (nSPS) is 12.5. The lowest BCUT2D eigenvalue weighted by molar-refractivity contribution is 0.0165. The van der Waals surface area contributed by atoms with Gasteiger partial charge in [0.05, 0.1) is 18.4 Å². The zero-order valence-electron chi connectivity index (χ0n) is 17.2. The molecule has 0 saturated heterocycles. The molecule has 1 amide bonds. The van der Waals surface area contributed by atoms with Gasteiger partial charge in [0.1, 0.15) is 12.3 Å². The van der Waals surface area contributed by atoms with E-state index in [1.54, 1.807) is 26.0 Å². The summed E-state index contributed by atoms with van der Waals surface area (Å²) >= 11 is 0. The van der Waals surface area contributed by atoms with Crippen LogP contribution in [0, 0.1) is 5.82 Å². The van der Waals surface area contributed by atoms with Crippen LogP contribution in [-0.2, 0) is 5.92 Å². The average Bonchev–Trinajstić information content (AvgIpc) is 3.27. The van der Waals surface area contributed by atoms with E-state index in [2.05, 4.69) is 20.2 Å². The summed E-state index contributed by atoms with van der Waals surface area (Å²) in [6.45, 7) is 4.36. The highest BCUT2D eigenvalue weighted by Crippen LogP contribution is 2.28. The molecule has 0 fully saturated rings. The minimum Gasteiger partial charge on any atom is -0.473 e. The van der Waals surface area contributed by atoms with E-state index in [1.807, 2.05) is 0 Å². The number of halogens is 3. The topological polar surface area (TPSA) is 86.0 Å². The molecule has 3 heterocycles. The van der Waals surface area contributed by atoms with Crippen molar-refractivity contribution in [1.29, 1.82) is 0 Å². The second-order valence-electron chi connectivity index (χ2n) is 6.84. The van der Waals surface area contributed by atoms with Gasteiger partial charge in [0.2, 0.25) is 5.88 Å². The number of alkyl halides is 2. The molecule has 8 nitrogen and oxygen atoms in total. The summed E-state index contributed by atoms with van der Waals surface area (Å²) in [5.41, 5.74) is 0.00442. The molecule has 31 heavy (non-hydrogen) atoms. The van der Waals surface area contributed by atoms with E-state index in [-0.39, 0.29) is 18.2 Å². The lowest BCUT2D eigenvalue weighted by atomic mass is 10.2. The second-order valence-corrected chi connectivity index (χ2v) is 6.84. The number of hydrogen-bond donors (Lipinski definition) is 0. The number of amides is 1. The van der Waals surface area contributed by atoms with Crippen LogP contribution in [0.3, 0.4) is 0 Å². The van der Waals surface area contributed by atoms with Crippen LogP contribution < -0.4 is 4.74 Å². The van der Waals surface area contributed by atoms with Crippen LogP contribution in [-0.4, -0.2) is 55.0 Å². The Morgan fingerprint density at radius 1 is 1.26 bits per heavy atom. The highest BCUT2D eigenvalue weighted by atomic mass is 19.3. The Hall–Kier alpha value is -3.50. The fourth-order valence-corrected chi connectivity index (χ4v) is 2.92. The highest BCUT2D eigenvalue weighted by Gasteiger charge is 2.28. The van der Waals surface area contributed by atoms with Crippen molar-refractivity contribution in [3.05, 3.63) is 60.1 Å². The predicted octanol–water partition coefficient (Wildman–Crippen LogP) is 3.24. The van der Waals surface area contributed by atoms with E-state index < -0.39 is 29.2 Å². The molecule has 3 aromatic rings. The summed E-state index contributed by atoms with van der Waals surface area (Å²) in [4.78, 5) is 23.7. The average molecular weight is 434 g/mol. The third kappa shape index (κ3) is 4.98. The van der Waals surface area contributed by atoms with Gasteiger partial charge in [-0.25, -0.2) is 23.1 Å². The number of rotatable bonds is 8. The Morgan fingerprint density at radius 2 is 1.97 bits per heavy atom. The van der Waals surface area contributed by atoms with Crippen molar-refractivity contribution >= 4 is 5.91 Å². The molecule has 0 bridgehead atoms. The molecule has 0 aliphatic rings. The third-order valence-corrected chi connectivity index (χ3v) is 4.53. The first-order valence-corrected chi connectivity index (χ1v) is 9.51. The number of pyridine rings is 2. The highest BCUT2D eigenvalue weighted by molar-refractivity contribution is 5.95. The van der Waals surface area contributed by atoms with Crippen molar-refractivity contribution < 1.29 is 22.7 Å². The number of aromatic nitrogens is 5. The van der Waals surface area contributed by atoms with Gasteiger partial charge in [-0.05, 0) is 32.0 Å². The Kier molecular flexibility index (Phi) is 6.52. The number of ether oxygens (including phenoxy) is 1. The smallest absolute Gasteiger partial charge is 0.275 e. The molecule has 1 atom stereocenters. The molecular weight excluding hydrogens is 413 g/mol. The maximum absolute atomic E-state index is 14.1. The molecule has 0 radical (unpaired) electrons. The molecular formula is C20H21F3N6O2. The van der Waals surface area contributed by atoms with E-state index >= 15 is 0 Å². The van der Waals surface area contributed by atoms with Crippen LogP contribution in [0.25, 0.3) is 5.69 Å². The number of likely N-dealkylation sites (N-methyl/N-ethyl adjacent to an activating group) is 1. The van der Waals surface area contributed by atoms with Gasteiger partial charge in [0, 0.05) is 31.4 Å². The van der Waals surface area contributed by atoms with Crippen molar-refractivity contribution in [3.8, 4) is 11.6 Å². The second kappa shape index (κ2) is 9.11. The minimum atomic E-state index is -3.21. The van der Waals surface area contributed by atoms with E-state index in [0.717, 1.165) is 6.20 Å². The van der Waals surface area contributed by atoms with Gasteiger partial charge in [-0.1, -0.05) is 0 Å². The third-order valence-electron chi connectivity index (χ3n) is 4.53.